The van der Waals surface area contributed by atoms with E-state index >= 15 is 0 Å². The normalized spacial score (nSPS) is 31.3. The number of carboxylic acid groups (broad SMARTS) is 1. The summed E-state index contributed by atoms with van der Waals surface area (Å²) in [4.78, 5) is 13.6. The molecule has 1 saturated carbocycles. The molecule has 2 fully saturated rings. The molecule has 1 N–H and O–H groups in total. The average molecular weight is 264 g/mol. The first-order valence-electron chi connectivity index (χ1n) is 7.06. The summed E-state index contributed by atoms with van der Waals surface area (Å²) in [5.41, 5.74) is 0.843. The van der Waals surface area contributed by atoms with Crippen molar-refractivity contribution in [3.63, 3.8) is 0 Å². The maximum Gasteiger partial charge on any atom is 0.320 e. The minimum absolute atomic E-state index is 0.356. The van der Waals surface area contributed by atoms with E-state index in [9.17, 15) is 9.90 Å². The number of aryl methyl sites for hydroxylation is 1. The zero-order valence-electron chi connectivity index (χ0n) is 11.2. The SMILES string of the molecule is Cc1cc(CN2[C@H](C(=O)O)C[C@@H]3CCCC[C@@H]32)no1. The Morgan fingerprint density at radius 2 is 2.32 bits per heavy atom. The van der Waals surface area contributed by atoms with Gasteiger partial charge in [-0.25, -0.2) is 0 Å². The van der Waals surface area contributed by atoms with Crippen LogP contribution in [0, 0.1) is 12.8 Å². The number of carbonyl (C=O) groups is 1. The van der Waals surface area contributed by atoms with Gasteiger partial charge in [0.2, 0.25) is 0 Å². The van der Waals surface area contributed by atoms with Crippen LogP contribution in [-0.4, -0.2) is 33.2 Å². The molecule has 0 bridgehead atoms. The summed E-state index contributed by atoms with van der Waals surface area (Å²) in [6.07, 6.45) is 5.52. The Labute approximate surface area is 112 Å². The van der Waals surface area contributed by atoms with Crippen molar-refractivity contribution < 1.29 is 14.4 Å². The number of likely N-dealkylation sites (tertiary alicyclic amines) is 1. The molecule has 2 heterocycles. The lowest BCUT2D eigenvalue weighted by atomic mass is 9.85. The lowest BCUT2D eigenvalue weighted by molar-refractivity contribution is -0.142. The smallest absolute Gasteiger partial charge is 0.320 e. The molecule has 1 aliphatic heterocycles. The minimum atomic E-state index is -0.699. The molecule has 0 unspecified atom stereocenters. The third-order valence-electron chi connectivity index (χ3n) is 4.53. The first-order chi connectivity index (χ1) is 9.15. The van der Waals surface area contributed by atoms with Crippen molar-refractivity contribution in [2.75, 3.05) is 0 Å². The maximum atomic E-state index is 11.5. The number of aromatic nitrogens is 1. The van der Waals surface area contributed by atoms with Gasteiger partial charge in [0.1, 0.15) is 11.8 Å². The van der Waals surface area contributed by atoms with Crippen molar-refractivity contribution in [2.45, 2.75) is 57.7 Å². The van der Waals surface area contributed by atoms with Gasteiger partial charge in [0.25, 0.3) is 0 Å². The van der Waals surface area contributed by atoms with Gasteiger partial charge in [-0.2, -0.15) is 0 Å². The highest BCUT2D eigenvalue weighted by molar-refractivity contribution is 5.74. The van der Waals surface area contributed by atoms with E-state index in [4.69, 9.17) is 4.52 Å². The van der Waals surface area contributed by atoms with Gasteiger partial charge in [-0.3, -0.25) is 9.69 Å². The molecule has 19 heavy (non-hydrogen) atoms. The monoisotopic (exact) mass is 264 g/mol. The van der Waals surface area contributed by atoms with Gasteiger partial charge in [-0.05, 0) is 32.1 Å². The molecule has 1 aromatic rings. The van der Waals surface area contributed by atoms with Crippen LogP contribution in [0.1, 0.15) is 43.6 Å². The molecule has 3 atom stereocenters. The molecule has 2 aliphatic rings. The Morgan fingerprint density at radius 3 is 3.00 bits per heavy atom. The summed E-state index contributed by atoms with van der Waals surface area (Å²) in [5.74, 6) is 0.624. The van der Waals surface area contributed by atoms with Crippen molar-refractivity contribution in [3.05, 3.63) is 17.5 Å². The second-order valence-electron chi connectivity index (χ2n) is 5.80. The van der Waals surface area contributed by atoms with Crippen LogP contribution in [0.3, 0.4) is 0 Å². The van der Waals surface area contributed by atoms with Gasteiger partial charge in [0.15, 0.2) is 0 Å². The lowest BCUT2D eigenvalue weighted by Gasteiger charge is -2.32. The van der Waals surface area contributed by atoms with Gasteiger partial charge in [0.05, 0.1) is 5.69 Å². The number of rotatable bonds is 3. The van der Waals surface area contributed by atoms with E-state index in [-0.39, 0.29) is 6.04 Å². The molecule has 104 valence electrons. The molecule has 0 aromatic carbocycles. The highest BCUT2D eigenvalue weighted by Gasteiger charge is 2.45. The number of fused-ring (bicyclic) bond motifs is 1. The number of carboxylic acids is 1. The van der Waals surface area contributed by atoms with Crippen molar-refractivity contribution >= 4 is 5.97 Å². The van der Waals surface area contributed by atoms with Gasteiger partial charge in [-0.1, -0.05) is 18.0 Å². The molecule has 5 heteroatoms. The van der Waals surface area contributed by atoms with Crippen LogP contribution < -0.4 is 0 Å². The number of nitrogens with zero attached hydrogens (tertiary/aromatic N) is 2. The summed E-state index contributed by atoms with van der Waals surface area (Å²) >= 11 is 0. The van der Waals surface area contributed by atoms with Crippen molar-refractivity contribution in [1.29, 1.82) is 0 Å². The summed E-state index contributed by atoms with van der Waals surface area (Å²) in [6, 6.07) is 1.95. The summed E-state index contributed by atoms with van der Waals surface area (Å²) in [7, 11) is 0. The fraction of sp³-hybridized carbons (Fsp3) is 0.714. The summed E-state index contributed by atoms with van der Waals surface area (Å²) in [6.45, 7) is 2.45. The van der Waals surface area contributed by atoms with E-state index in [1.165, 1.54) is 19.3 Å². The number of aliphatic carboxylic acids is 1. The third-order valence-corrected chi connectivity index (χ3v) is 4.53. The summed E-state index contributed by atoms with van der Waals surface area (Å²) < 4.78 is 5.08. The largest absolute Gasteiger partial charge is 0.480 e. The average Bonchev–Trinajstić information content (AvgIpc) is 2.95. The molecule has 0 spiro atoms. The van der Waals surface area contributed by atoms with Crippen molar-refractivity contribution in [2.24, 2.45) is 5.92 Å². The van der Waals surface area contributed by atoms with Gasteiger partial charge >= 0.3 is 5.97 Å². The number of hydrogen-bond acceptors (Lipinski definition) is 4. The molecular formula is C14H20N2O3. The second kappa shape index (κ2) is 4.96. The molecule has 0 radical (unpaired) electrons. The predicted octanol–water partition coefficient (Wildman–Crippen LogP) is 2.20. The Morgan fingerprint density at radius 1 is 1.53 bits per heavy atom. The minimum Gasteiger partial charge on any atom is -0.480 e. The Kier molecular flexibility index (Phi) is 3.31. The Hall–Kier alpha value is -1.36. The van der Waals surface area contributed by atoms with Crippen molar-refractivity contribution in [1.82, 2.24) is 10.1 Å². The first kappa shape index (κ1) is 12.7. The maximum absolute atomic E-state index is 11.5. The highest BCUT2D eigenvalue weighted by atomic mass is 16.5. The highest BCUT2D eigenvalue weighted by Crippen LogP contribution is 2.40. The summed E-state index contributed by atoms with van der Waals surface area (Å²) in [5, 5.41) is 13.4. The van der Waals surface area contributed by atoms with Crippen LogP contribution in [0.4, 0.5) is 0 Å². The predicted molar refractivity (Wildman–Crippen MR) is 68.6 cm³/mol. The second-order valence-corrected chi connectivity index (χ2v) is 5.80. The van der Waals surface area contributed by atoms with Crippen molar-refractivity contribution in [3.8, 4) is 0 Å². The zero-order valence-corrected chi connectivity index (χ0v) is 11.2. The fourth-order valence-corrected chi connectivity index (χ4v) is 3.70. The van der Waals surface area contributed by atoms with E-state index in [2.05, 4.69) is 10.1 Å². The van der Waals surface area contributed by atoms with E-state index in [1.54, 1.807) is 0 Å². The molecule has 0 amide bonds. The fourth-order valence-electron chi connectivity index (χ4n) is 3.70. The lowest BCUT2D eigenvalue weighted by Crippen LogP contribution is -2.41. The van der Waals surface area contributed by atoms with E-state index in [1.807, 2.05) is 13.0 Å². The van der Waals surface area contributed by atoms with Crippen LogP contribution in [0.15, 0.2) is 10.6 Å². The molecule has 1 aromatic heterocycles. The van der Waals surface area contributed by atoms with Gasteiger partial charge < -0.3 is 9.63 Å². The standard InChI is InChI=1S/C14H20N2O3/c1-9-6-11(15-19-9)8-16-12-5-3-2-4-10(12)7-13(16)14(17)18/h6,10,12-13H,2-5,7-8H2,1H3,(H,17,18)/t10-,12-,13-/m0/s1. The molecule has 5 nitrogen and oxygen atoms in total. The Balaban J connectivity index is 1.80. The molecule has 3 rings (SSSR count). The molecule has 1 aliphatic carbocycles. The van der Waals surface area contributed by atoms with E-state index in [0.717, 1.165) is 24.3 Å². The number of hydrogen-bond donors (Lipinski definition) is 1. The molecular weight excluding hydrogens is 244 g/mol. The molecule has 1 saturated heterocycles. The zero-order chi connectivity index (χ0) is 13.4. The quantitative estimate of drug-likeness (QED) is 0.906. The van der Waals surface area contributed by atoms with Crippen LogP contribution in [0.2, 0.25) is 0 Å². The van der Waals surface area contributed by atoms with Crippen LogP contribution >= 0.6 is 0 Å². The van der Waals surface area contributed by atoms with Crippen LogP contribution in [-0.2, 0) is 11.3 Å². The van der Waals surface area contributed by atoms with Crippen LogP contribution in [0.25, 0.3) is 0 Å². The van der Waals surface area contributed by atoms with Gasteiger partial charge in [-0.15, -0.1) is 0 Å². The van der Waals surface area contributed by atoms with E-state index in [0.29, 0.717) is 18.5 Å². The topological polar surface area (TPSA) is 66.6 Å². The Bertz CT molecular complexity index is 471. The van der Waals surface area contributed by atoms with Crippen LogP contribution in [0.5, 0.6) is 0 Å². The first-order valence-corrected chi connectivity index (χ1v) is 7.06. The van der Waals surface area contributed by atoms with E-state index < -0.39 is 5.97 Å². The third kappa shape index (κ3) is 2.39. The van der Waals surface area contributed by atoms with Gasteiger partial charge in [0, 0.05) is 18.7 Å².